The second-order valence-corrected chi connectivity index (χ2v) is 5.87. The number of aryl methyl sites for hydroxylation is 1. The molecule has 1 atom stereocenters. The van der Waals surface area contributed by atoms with E-state index in [2.05, 4.69) is 4.99 Å². The number of amides is 1. The summed E-state index contributed by atoms with van der Waals surface area (Å²) in [6.07, 6.45) is 5.26. The lowest BCUT2D eigenvalue weighted by Gasteiger charge is -2.14. The molecule has 0 fully saturated rings. The van der Waals surface area contributed by atoms with Crippen LogP contribution in [0.2, 0.25) is 0 Å². The molecule has 0 spiro atoms. The Bertz CT molecular complexity index is 689. The number of benzene rings is 1. The van der Waals surface area contributed by atoms with Gasteiger partial charge in [0.2, 0.25) is 0 Å². The van der Waals surface area contributed by atoms with Crippen molar-refractivity contribution in [1.29, 1.82) is 0 Å². The Morgan fingerprint density at radius 1 is 1.29 bits per heavy atom. The van der Waals surface area contributed by atoms with E-state index in [9.17, 15) is 9.35 Å². The van der Waals surface area contributed by atoms with Crippen molar-refractivity contribution in [2.45, 2.75) is 11.8 Å². The van der Waals surface area contributed by atoms with Gasteiger partial charge in [0.25, 0.3) is 5.91 Å². The molecule has 0 aliphatic heterocycles. The first kappa shape index (κ1) is 15.1. The summed E-state index contributed by atoms with van der Waals surface area (Å²) in [4.78, 5) is 16.1. The van der Waals surface area contributed by atoms with Crippen LogP contribution in [-0.4, -0.2) is 27.2 Å². The molecule has 1 aromatic heterocycles. The molecule has 1 aromatic carbocycles. The largest absolute Gasteiger partial charge is 0.612 e. The number of carbonyl (C=O) groups excluding carboxylic acids is 1. The highest BCUT2D eigenvalue weighted by Crippen LogP contribution is 2.25. The second kappa shape index (κ2) is 6.02. The average Bonchev–Trinajstić information content (AvgIpc) is 2.90. The molecule has 0 radical (unpaired) electrons. The lowest BCUT2D eigenvalue weighted by Crippen LogP contribution is -2.24. The van der Waals surface area contributed by atoms with Crippen LogP contribution in [0.15, 0.2) is 46.5 Å². The summed E-state index contributed by atoms with van der Waals surface area (Å²) in [5.41, 5.74) is 12.3. The smallest absolute Gasteiger partial charge is 0.280 e. The summed E-state index contributed by atoms with van der Waals surface area (Å²) < 4.78 is 13.8. The van der Waals surface area contributed by atoms with Crippen molar-refractivity contribution in [3.63, 3.8) is 0 Å². The molecule has 0 aliphatic rings. The zero-order chi connectivity index (χ0) is 15.6. The first-order valence-electron chi connectivity index (χ1n) is 6.15. The molecule has 7 heteroatoms. The van der Waals surface area contributed by atoms with Gasteiger partial charge >= 0.3 is 0 Å². The normalized spacial score (nSPS) is 12.0. The van der Waals surface area contributed by atoms with E-state index < -0.39 is 17.1 Å². The van der Waals surface area contributed by atoms with Crippen molar-refractivity contribution in [2.75, 3.05) is 6.26 Å². The topological polar surface area (TPSA) is 109 Å². The number of hydrogen-bond donors (Lipinski definition) is 2. The summed E-state index contributed by atoms with van der Waals surface area (Å²) in [6.45, 7) is 1.78. The zero-order valence-corrected chi connectivity index (χ0v) is 12.6. The van der Waals surface area contributed by atoms with Crippen LogP contribution in [0.4, 0.5) is 0 Å². The fraction of sp³-hybridized carbons (Fsp3) is 0.143. The number of aromatic nitrogens is 1. The highest BCUT2D eigenvalue weighted by molar-refractivity contribution is 7.90. The minimum atomic E-state index is -1.26. The van der Waals surface area contributed by atoms with E-state index in [1.165, 1.54) is 0 Å². The van der Waals surface area contributed by atoms with Gasteiger partial charge in [-0.25, -0.2) is 0 Å². The van der Waals surface area contributed by atoms with Gasteiger partial charge in [0.05, 0.1) is 0 Å². The van der Waals surface area contributed by atoms with Crippen LogP contribution in [0.3, 0.4) is 0 Å². The molecule has 6 nitrogen and oxygen atoms in total. The van der Waals surface area contributed by atoms with Crippen molar-refractivity contribution >= 4 is 23.0 Å². The van der Waals surface area contributed by atoms with Crippen LogP contribution in [0, 0.1) is 6.92 Å². The van der Waals surface area contributed by atoms with Gasteiger partial charge in [0.15, 0.2) is 10.9 Å². The van der Waals surface area contributed by atoms with E-state index >= 15 is 0 Å². The molecule has 0 saturated carbocycles. The summed E-state index contributed by atoms with van der Waals surface area (Å²) in [6, 6.07) is 7.12. The molecule has 1 unspecified atom stereocenters. The summed E-state index contributed by atoms with van der Waals surface area (Å²) in [5, 5.41) is 0. The first-order valence-corrected chi connectivity index (χ1v) is 7.71. The molecule has 21 heavy (non-hydrogen) atoms. The highest BCUT2D eigenvalue weighted by Gasteiger charge is 2.19. The Hall–Kier alpha value is -2.25. The Morgan fingerprint density at radius 3 is 2.43 bits per heavy atom. The minimum Gasteiger partial charge on any atom is -0.612 e. The van der Waals surface area contributed by atoms with Crippen molar-refractivity contribution in [2.24, 2.45) is 16.5 Å². The van der Waals surface area contributed by atoms with Gasteiger partial charge in [-0.15, -0.1) is 0 Å². The number of hydrogen-bond acceptors (Lipinski definition) is 2. The number of rotatable bonds is 3. The predicted octanol–water partition coefficient (Wildman–Crippen LogP) is 0.937. The van der Waals surface area contributed by atoms with E-state index in [4.69, 9.17) is 11.5 Å². The Morgan fingerprint density at radius 2 is 1.90 bits per heavy atom. The van der Waals surface area contributed by atoms with Crippen molar-refractivity contribution in [3.05, 3.63) is 47.8 Å². The number of aliphatic imine (C=N–C) groups is 1. The van der Waals surface area contributed by atoms with Gasteiger partial charge in [-0.1, -0.05) is 0 Å². The standard InChI is InChI=1S/C14H16N4O2S/c1-9-7-11(18-5-3-4-6-18)12(21(2)20)8-10(9)13(19)17-14(15)16/h3-8H,1-2H3,(H4,15,16,17,19). The third-order valence-corrected chi connectivity index (χ3v) is 3.91. The molecule has 0 aliphatic carbocycles. The van der Waals surface area contributed by atoms with Crippen LogP contribution < -0.4 is 11.5 Å². The van der Waals surface area contributed by atoms with Crippen molar-refractivity contribution < 1.29 is 9.35 Å². The molecule has 110 valence electrons. The van der Waals surface area contributed by atoms with Gasteiger partial charge in [0, 0.05) is 24.0 Å². The Labute approximate surface area is 125 Å². The number of carbonyl (C=O) groups is 1. The molecule has 1 heterocycles. The third kappa shape index (κ3) is 3.26. The lowest BCUT2D eigenvalue weighted by atomic mass is 10.1. The third-order valence-electron chi connectivity index (χ3n) is 2.96. The van der Waals surface area contributed by atoms with Crippen LogP contribution in [0.5, 0.6) is 0 Å². The maximum Gasteiger partial charge on any atom is 0.280 e. The van der Waals surface area contributed by atoms with Crippen LogP contribution in [0.25, 0.3) is 5.69 Å². The molecular weight excluding hydrogens is 288 g/mol. The van der Waals surface area contributed by atoms with Gasteiger partial charge in [0.1, 0.15) is 11.9 Å². The molecule has 4 N–H and O–H groups in total. The summed E-state index contributed by atoms with van der Waals surface area (Å²) in [5.74, 6) is -0.841. The lowest BCUT2D eigenvalue weighted by molar-refractivity contribution is 0.100. The fourth-order valence-corrected chi connectivity index (χ4v) is 2.75. The Balaban J connectivity index is 2.60. The van der Waals surface area contributed by atoms with E-state index in [0.717, 1.165) is 5.69 Å². The molecule has 2 aromatic rings. The van der Waals surface area contributed by atoms with E-state index in [0.29, 0.717) is 16.0 Å². The van der Waals surface area contributed by atoms with Gasteiger partial charge in [-0.05, 0) is 41.9 Å². The molecule has 0 saturated heterocycles. The fourth-order valence-electron chi connectivity index (χ4n) is 2.01. The molecule has 1 amide bonds. The molecule has 2 rings (SSSR count). The monoisotopic (exact) mass is 304 g/mol. The summed E-state index contributed by atoms with van der Waals surface area (Å²) in [7, 11) is 0. The van der Waals surface area contributed by atoms with E-state index in [-0.39, 0.29) is 5.96 Å². The quantitative estimate of drug-likeness (QED) is 0.499. The SMILES string of the molecule is Cc1cc(-n2cccc2)c([S+](C)[O-])cc1C(=O)N=C(N)N. The minimum absolute atomic E-state index is 0.298. The van der Waals surface area contributed by atoms with Crippen molar-refractivity contribution in [3.8, 4) is 5.69 Å². The predicted molar refractivity (Wildman–Crippen MR) is 83.0 cm³/mol. The highest BCUT2D eigenvalue weighted by atomic mass is 32.2. The van der Waals surface area contributed by atoms with Crippen LogP contribution in [-0.2, 0) is 11.2 Å². The second-order valence-electron chi connectivity index (χ2n) is 4.52. The Kier molecular flexibility index (Phi) is 4.35. The van der Waals surface area contributed by atoms with Crippen LogP contribution >= 0.6 is 0 Å². The van der Waals surface area contributed by atoms with Gasteiger partial charge in [-0.2, -0.15) is 4.99 Å². The van der Waals surface area contributed by atoms with E-state index in [1.54, 1.807) is 25.3 Å². The average molecular weight is 304 g/mol. The van der Waals surface area contributed by atoms with Crippen molar-refractivity contribution in [1.82, 2.24) is 4.57 Å². The summed E-state index contributed by atoms with van der Waals surface area (Å²) >= 11 is -1.26. The molecular formula is C14H16N4O2S. The first-order chi connectivity index (χ1) is 9.90. The number of nitrogens with two attached hydrogens (primary N) is 2. The molecule has 0 bridgehead atoms. The number of nitrogens with zero attached hydrogens (tertiary/aromatic N) is 2. The maximum absolute atomic E-state index is 12.0. The van der Waals surface area contributed by atoms with Crippen LogP contribution in [0.1, 0.15) is 15.9 Å². The maximum atomic E-state index is 12.0. The number of guanidine groups is 1. The zero-order valence-electron chi connectivity index (χ0n) is 11.7. The van der Waals surface area contributed by atoms with E-state index in [1.807, 2.05) is 29.1 Å². The van der Waals surface area contributed by atoms with Gasteiger partial charge in [-0.3, -0.25) is 4.79 Å². The van der Waals surface area contributed by atoms with Gasteiger partial charge < -0.3 is 20.6 Å².